The van der Waals surface area contributed by atoms with Gasteiger partial charge in [-0.25, -0.2) is 29.9 Å². The van der Waals surface area contributed by atoms with Crippen molar-refractivity contribution in [3.05, 3.63) is 167 Å². The molecule has 12 heteroatoms. The maximum atomic E-state index is 5.21. The predicted octanol–water partition coefficient (Wildman–Crippen LogP) is 21.5. The molecule has 0 fully saturated rings. The fraction of sp³-hybridized carbons (Fsp3) is 0.182. The highest BCUT2D eigenvalue weighted by molar-refractivity contribution is 7.24. The third-order valence-corrected chi connectivity index (χ3v) is 21.5. The van der Waals surface area contributed by atoms with E-state index in [2.05, 4.69) is 201 Å². The number of rotatable bonds is 11. The van der Waals surface area contributed by atoms with E-state index < -0.39 is 0 Å². The quantitative estimate of drug-likeness (QED) is 0.128. The van der Waals surface area contributed by atoms with Gasteiger partial charge in [0.25, 0.3) is 0 Å². The summed E-state index contributed by atoms with van der Waals surface area (Å²) in [6, 6.07) is 54.0. The molecule has 0 spiro atoms. The van der Waals surface area contributed by atoms with Crippen molar-refractivity contribution < 1.29 is 0 Å². The monoisotopic (exact) mass is 1120 g/mol. The van der Waals surface area contributed by atoms with E-state index in [1.807, 2.05) is 0 Å². The summed E-state index contributed by atoms with van der Waals surface area (Å²) in [7, 11) is 0. The van der Waals surface area contributed by atoms with Crippen LogP contribution in [0.3, 0.4) is 0 Å². The summed E-state index contributed by atoms with van der Waals surface area (Å²) in [5.41, 5.74) is 20.3. The second-order valence-corrected chi connectivity index (χ2v) is 27.8. The predicted molar refractivity (Wildman–Crippen MR) is 340 cm³/mol. The Morgan fingerprint density at radius 2 is 0.487 bits per heavy atom. The molecule has 8 aromatic carbocycles. The molecular weight excluding hydrogens is 1070 g/mol. The minimum Gasteiger partial charge on any atom is -0.241 e. The van der Waals surface area contributed by atoms with E-state index in [1.165, 1.54) is 36.1 Å². The van der Waals surface area contributed by atoms with Crippen LogP contribution in [0.2, 0.25) is 0 Å². The topological polar surface area (TPSA) is 77.3 Å². The zero-order valence-corrected chi connectivity index (χ0v) is 49.2. The van der Waals surface area contributed by atoms with E-state index in [-0.39, 0.29) is 0 Å². The number of nitrogens with zero attached hydrogens (tertiary/aromatic N) is 6. The number of hydrogen-bond donors (Lipinski definition) is 0. The third-order valence-electron chi connectivity index (χ3n) is 14.6. The van der Waals surface area contributed by atoms with Crippen LogP contribution < -0.4 is 0 Å². The Hall–Kier alpha value is -6.90. The molecule has 14 rings (SSSR count). The Morgan fingerprint density at radius 3 is 0.769 bits per heavy atom. The number of fused-ring (bicyclic) bond motifs is 6. The highest BCUT2D eigenvalue weighted by Gasteiger charge is 2.19. The van der Waals surface area contributed by atoms with Crippen LogP contribution in [0.4, 0.5) is 0 Å². The first-order valence-electron chi connectivity index (χ1n) is 26.5. The molecule has 0 aliphatic carbocycles. The van der Waals surface area contributed by atoms with Crippen LogP contribution in [0.1, 0.15) is 100 Å². The molecule has 0 saturated carbocycles. The molecular formula is C66H52N6S6. The van der Waals surface area contributed by atoms with Crippen molar-refractivity contribution in [2.45, 2.75) is 79.1 Å². The van der Waals surface area contributed by atoms with Crippen LogP contribution in [0.25, 0.3) is 137 Å². The van der Waals surface area contributed by atoms with E-state index in [1.54, 1.807) is 68.0 Å². The molecule has 0 atom stereocenters. The van der Waals surface area contributed by atoms with Gasteiger partial charge in [0, 0.05) is 34.1 Å². The minimum atomic E-state index is 0.408. The van der Waals surface area contributed by atoms with Crippen LogP contribution in [0, 0.1) is 0 Å². The van der Waals surface area contributed by atoms with Gasteiger partial charge in [-0.3, -0.25) is 0 Å². The van der Waals surface area contributed by atoms with Crippen LogP contribution >= 0.6 is 68.0 Å². The smallest absolute Gasteiger partial charge is 0.124 e. The average molecular weight is 1120 g/mol. The molecule has 0 unspecified atom stereocenters. The molecule has 0 saturated heterocycles. The molecule has 14 aromatic rings. The van der Waals surface area contributed by atoms with E-state index in [4.69, 9.17) is 29.9 Å². The van der Waals surface area contributed by atoms with Gasteiger partial charge in [0.2, 0.25) is 0 Å². The lowest BCUT2D eigenvalue weighted by Gasteiger charge is -2.13. The summed E-state index contributed by atoms with van der Waals surface area (Å²) in [5, 5.41) is 6.44. The van der Waals surface area contributed by atoms with Gasteiger partial charge in [-0.05, 0) is 123 Å². The maximum absolute atomic E-state index is 5.21. The van der Waals surface area contributed by atoms with Gasteiger partial charge in [0.1, 0.15) is 20.0 Å². The van der Waals surface area contributed by atoms with Crippen molar-refractivity contribution in [3.8, 4) is 75.7 Å². The molecule has 0 aliphatic rings. The van der Waals surface area contributed by atoms with Gasteiger partial charge < -0.3 is 0 Å². The summed E-state index contributed by atoms with van der Waals surface area (Å²) >= 11 is 10.5. The Labute approximate surface area is 476 Å². The molecule has 0 aliphatic heterocycles. The molecule has 6 heterocycles. The third kappa shape index (κ3) is 9.15. The zero-order chi connectivity index (χ0) is 53.1. The lowest BCUT2D eigenvalue weighted by molar-refractivity contribution is 0.834. The zero-order valence-electron chi connectivity index (χ0n) is 44.3. The highest BCUT2D eigenvalue weighted by atomic mass is 32.1. The second kappa shape index (κ2) is 19.5. The largest absolute Gasteiger partial charge is 0.241 e. The Morgan fingerprint density at radius 1 is 0.231 bits per heavy atom. The van der Waals surface area contributed by atoms with Crippen molar-refractivity contribution >= 4 is 129 Å². The summed E-state index contributed by atoms with van der Waals surface area (Å²) in [6.45, 7) is 17.9. The number of thiazole rings is 6. The number of benzene rings is 8. The van der Waals surface area contributed by atoms with E-state index in [9.17, 15) is 0 Å². The van der Waals surface area contributed by atoms with Crippen molar-refractivity contribution in [1.29, 1.82) is 0 Å². The van der Waals surface area contributed by atoms with Crippen LogP contribution in [0.5, 0.6) is 0 Å². The van der Waals surface area contributed by atoms with E-state index in [0.717, 1.165) is 122 Å². The van der Waals surface area contributed by atoms with Crippen molar-refractivity contribution in [2.75, 3.05) is 0 Å². The van der Waals surface area contributed by atoms with Gasteiger partial charge in [-0.15, -0.1) is 68.0 Å². The first-order chi connectivity index (χ1) is 37.8. The summed E-state index contributed by atoms with van der Waals surface area (Å²) in [5.74, 6) is 1.72. The van der Waals surface area contributed by atoms with Crippen molar-refractivity contribution in [1.82, 2.24) is 29.9 Å². The molecule has 6 nitrogen and oxygen atoms in total. The average Bonchev–Trinajstić information content (AvgIpc) is 4.45. The number of hydrogen-bond acceptors (Lipinski definition) is 12. The molecule has 0 amide bonds. The van der Waals surface area contributed by atoms with E-state index >= 15 is 0 Å². The lowest BCUT2D eigenvalue weighted by atomic mass is 9.92. The van der Waals surface area contributed by atoms with Crippen molar-refractivity contribution in [2.24, 2.45) is 0 Å². The fourth-order valence-electron chi connectivity index (χ4n) is 10.1. The van der Waals surface area contributed by atoms with Crippen LogP contribution in [-0.4, -0.2) is 29.9 Å². The normalized spacial score (nSPS) is 12.3. The van der Waals surface area contributed by atoms with Gasteiger partial charge in [-0.2, -0.15) is 0 Å². The summed E-state index contributed by atoms with van der Waals surface area (Å²) < 4.78 is 7.02. The van der Waals surface area contributed by atoms with Gasteiger partial charge in [-0.1, -0.05) is 134 Å². The van der Waals surface area contributed by atoms with Crippen molar-refractivity contribution in [3.63, 3.8) is 0 Å². The highest BCUT2D eigenvalue weighted by Crippen LogP contribution is 2.43. The molecule has 0 radical (unpaired) electrons. The SMILES string of the molecule is CC(C)c1cc(-c2nc3cc4sc(-c5ccc(-c6cc(-c7ccc(-c8nc9cc%10sc(C(C)C)nc%10cc9s8)cc7)cc(-c7ccc(-c8nc9cc%10sc(C(C)C)nc%10cc9s8)cc7)c6)cc5)nc4cc3s2)cc(C(C)C)c1. The standard InChI is InChI=1S/C66H52N6S6/c1-33(2)43-21-44(34(3)4)23-48(22-43)66-72-54-32-59-53(31-60(54)78-66)71-65(77-59)42-19-13-39(14-20-42)47-25-45(37-9-15-40(16-10-37)63-69-51-29-55-49(27-57(51)75-63)67-61(73-55)35(5)6)24-46(26-47)38-11-17-41(18-12-38)64-70-52-30-56-50(28-58(52)76-64)68-62(74-56)36(7)8/h9-36H,1-8H3. The van der Waals surface area contributed by atoms with Crippen LogP contribution in [0.15, 0.2) is 146 Å². The Bertz CT molecular complexity index is 4260. The van der Waals surface area contributed by atoms with Gasteiger partial charge >= 0.3 is 0 Å². The molecule has 382 valence electrons. The molecule has 78 heavy (non-hydrogen) atoms. The molecule has 0 bridgehead atoms. The lowest BCUT2D eigenvalue weighted by Crippen LogP contribution is -1.94. The molecule has 6 aromatic heterocycles. The van der Waals surface area contributed by atoms with Gasteiger partial charge in [0.05, 0.1) is 71.3 Å². The summed E-state index contributed by atoms with van der Waals surface area (Å²) in [6.07, 6.45) is 0. The summed E-state index contributed by atoms with van der Waals surface area (Å²) in [4.78, 5) is 30.5. The first kappa shape index (κ1) is 49.4. The fourth-order valence-corrected chi connectivity index (χ4v) is 16.0. The minimum absolute atomic E-state index is 0.408. The maximum Gasteiger partial charge on any atom is 0.124 e. The molecule has 0 N–H and O–H groups in total. The number of aromatic nitrogens is 6. The van der Waals surface area contributed by atoms with E-state index in [0.29, 0.717) is 23.7 Å². The van der Waals surface area contributed by atoms with Gasteiger partial charge in [0.15, 0.2) is 0 Å². The first-order valence-corrected chi connectivity index (χ1v) is 31.4. The Balaban J connectivity index is 0.784. The Kier molecular flexibility index (Phi) is 12.3. The second-order valence-electron chi connectivity index (χ2n) is 21.6. The van der Waals surface area contributed by atoms with Crippen LogP contribution in [-0.2, 0) is 0 Å².